The molecule has 0 aromatic carbocycles. The summed E-state index contributed by atoms with van der Waals surface area (Å²) in [6.07, 6.45) is 2.72. The summed E-state index contributed by atoms with van der Waals surface area (Å²) in [4.78, 5) is 11.0. The molecule has 0 spiro atoms. The minimum Gasteiger partial charge on any atom is -0.300 e. The zero-order chi connectivity index (χ0) is 12.2. The van der Waals surface area contributed by atoms with Crippen LogP contribution in [0.3, 0.4) is 0 Å². The summed E-state index contributed by atoms with van der Waals surface area (Å²) in [5, 5.41) is 0. The molecular formula is C10H20N2O3S. The first kappa shape index (κ1) is 13.6. The van der Waals surface area contributed by atoms with Gasteiger partial charge in [-0.2, -0.15) is 12.7 Å². The minimum absolute atomic E-state index is 0.0441. The molecule has 1 aliphatic rings. The third-order valence-corrected chi connectivity index (χ3v) is 4.36. The maximum Gasteiger partial charge on any atom is 0.279 e. The van der Waals surface area contributed by atoms with E-state index in [-0.39, 0.29) is 11.8 Å². The van der Waals surface area contributed by atoms with E-state index in [2.05, 4.69) is 4.72 Å². The highest BCUT2D eigenvalue weighted by molar-refractivity contribution is 7.87. The lowest BCUT2D eigenvalue weighted by atomic mass is 10.1. The molecule has 0 aliphatic carbocycles. The van der Waals surface area contributed by atoms with Gasteiger partial charge in [0.25, 0.3) is 10.2 Å². The Bertz CT molecular complexity index is 340. The van der Waals surface area contributed by atoms with E-state index in [0.29, 0.717) is 19.5 Å². The quantitative estimate of drug-likeness (QED) is 0.751. The van der Waals surface area contributed by atoms with Gasteiger partial charge in [-0.3, -0.25) is 4.79 Å². The molecule has 0 bridgehead atoms. The van der Waals surface area contributed by atoms with E-state index in [1.54, 1.807) is 0 Å². The van der Waals surface area contributed by atoms with Gasteiger partial charge in [-0.15, -0.1) is 0 Å². The molecule has 94 valence electrons. The summed E-state index contributed by atoms with van der Waals surface area (Å²) in [7, 11) is -3.39. The van der Waals surface area contributed by atoms with Gasteiger partial charge < -0.3 is 0 Å². The van der Waals surface area contributed by atoms with Gasteiger partial charge >= 0.3 is 0 Å². The van der Waals surface area contributed by atoms with Gasteiger partial charge in [0.15, 0.2) is 0 Å². The predicted octanol–water partition coefficient (Wildman–Crippen LogP) is 0.674. The molecular weight excluding hydrogens is 228 g/mol. The summed E-state index contributed by atoms with van der Waals surface area (Å²) >= 11 is 0. The Morgan fingerprint density at radius 2 is 2.19 bits per heavy atom. The fourth-order valence-corrected chi connectivity index (χ4v) is 3.55. The number of carbonyl (C=O) groups excluding carboxylic acids is 1. The summed E-state index contributed by atoms with van der Waals surface area (Å²) < 4.78 is 27.7. The van der Waals surface area contributed by atoms with Crippen LogP contribution in [0.25, 0.3) is 0 Å². The van der Waals surface area contributed by atoms with Crippen molar-refractivity contribution >= 4 is 16.0 Å². The number of rotatable bonds is 6. The number of hydrogen-bond donors (Lipinski definition) is 1. The zero-order valence-electron chi connectivity index (χ0n) is 9.90. The molecule has 0 radical (unpaired) electrons. The van der Waals surface area contributed by atoms with Crippen LogP contribution in [-0.2, 0) is 15.0 Å². The van der Waals surface area contributed by atoms with Crippen molar-refractivity contribution in [3.8, 4) is 0 Å². The van der Waals surface area contributed by atoms with Gasteiger partial charge in [0.2, 0.25) is 0 Å². The second kappa shape index (κ2) is 5.75. The Kier molecular flexibility index (Phi) is 4.89. The molecule has 1 saturated heterocycles. The van der Waals surface area contributed by atoms with E-state index in [1.165, 1.54) is 11.2 Å². The molecule has 0 aromatic heterocycles. The normalized spacial score (nSPS) is 22.5. The van der Waals surface area contributed by atoms with Crippen molar-refractivity contribution in [1.29, 1.82) is 0 Å². The van der Waals surface area contributed by atoms with E-state index >= 15 is 0 Å². The Morgan fingerprint density at radius 3 is 2.75 bits per heavy atom. The highest BCUT2D eigenvalue weighted by Crippen LogP contribution is 2.22. The van der Waals surface area contributed by atoms with Gasteiger partial charge in [0, 0.05) is 25.6 Å². The van der Waals surface area contributed by atoms with Gasteiger partial charge in [0.1, 0.15) is 5.78 Å². The molecule has 5 nitrogen and oxygen atoms in total. The van der Waals surface area contributed by atoms with Crippen LogP contribution in [0, 0.1) is 0 Å². The van der Waals surface area contributed by atoms with Crippen LogP contribution in [0.1, 0.15) is 39.5 Å². The first-order valence-corrected chi connectivity index (χ1v) is 7.17. The van der Waals surface area contributed by atoms with Crippen molar-refractivity contribution in [2.75, 3.05) is 13.1 Å². The van der Waals surface area contributed by atoms with E-state index < -0.39 is 10.2 Å². The molecule has 1 N–H and O–H groups in total. The molecule has 1 fully saturated rings. The number of nitrogens with zero attached hydrogens (tertiary/aromatic N) is 1. The SMILES string of the molecule is CCCNS(=O)(=O)N1CCCC1CC(C)=O. The fourth-order valence-electron chi connectivity index (χ4n) is 1.98. The lowest BCUT2D eigenvalue weighted by Gasteiger charge is -2.23. The second-order valence-corrected chi connectivity index (χ2v) is 5.92. The van der Waals surface area contributed by atoms with Crippen LogP contribution in [-0.4, -0.2) is 37.6 Å². The third-order valence-electron chi connectivity index (χ3n) is 2.69. The number of Topliss-reactive ketones (excluding diaryl/α,β-unsaturated/α-hetero) is 1. The lowest BCUT2D eigenvalue weighted by molar-refractivity contribution is -0.117. The molecule has 16 heavy (non-hydrogen) atoms. The standard InChI is InChI=1S/C10H20N2O3S/c1-3-6-11-16(14,15)12-7-4-5-10(12)8-9(2)13/h10-11H,3-8H2,1-2H3. The fraction of sp³-hybridized carbons (Fsp3) is 0.900. The Balaban J connectivity index is 2.66. The largest absolute Gasteiger partial charge is 0.300 e. The Labute approximate surface area is 97.4 Å². The molecule has 0 saturated carbocycles. The van der Waals surface area contributed by atoms with Crippen molar-refractivity contribution in [1.82, 2.24) is 9.03 Å². The topological polar surface area (TPSA) is 66.5 Å². The van der Waals surface area contributed by atoms with E-state index in [0.717, 1.165) is 19.3 Å². The van der Waals surface area contributed by atoms with Crippen LogP contribution in [0.15, 0.2) is 0 Å². The molecule has 0 aromatic rings. The van der Waals surface area contributed by atoms with Gasteiger partial charge in [-0.05, 0) is 26.2 Å². The first-order valence-electron chi connectivity index (χ1n) is 5.73. The van der Waals surface area contributed by atoms with Crippen LogP contribution in [0.2, 0.25) is 0 Å². The van der Waals surface area contributed by atoms with Crippen LogP contribution < -0.4 is 4.72 Å². The number of ketones is 1. The number of hydrogen-bond acceptors (Lipinski definition) is 3. The summed E-state index contributed by atoms with van der Waals surface area (Å²) in [6, 6.07) is -0.146. The molecule has 6 heteroatoms. The summed E-state index contributed by atoms with van der Waals surface area (Å²) in [5.74, 6) is 0.0441. The molecule has 1 unspecified atom stereocenters. The maximum atomic E-state index is 11.9. The summed E-state index contributed by atoms with van der Waals surface area (Å²) in [5.41, 5.74) is 0. The number of carbonyl (C=O) groups is 1. The smallest absolute Gasteiger partial charge is 0.279 e. The van der Waals surface area contributed by atoms with Crippen molar-refractivity contribution in [2.24, 2.45) is 0 Å². The van der Waals surface area contributed by atoms with Gasteiger partial charge in [0.05, 0.1) is 0 Å². The minimum atomic E-state index is -3.39. The Hall–Kier alpha value is -0.460. The van der Waals surface area contributed by atoms with Crippen LogP contribution in [0.5, 0.6) is 0 Å². The second-order valence-electron chi connectivity index (χ2n) is 4.21. The van der Waals surface area contributed by atoms with Crippen LogP contribution in [0.4, 0.5) is 0 Å². The molecule has 1 rings (SSSR count). The van der Waals surface area contributed by atoms with E-state index in [1.807, 2.05) is 6.92 Å². The van der Waals surface area contributed by atoms with Crippen molar-refractivity contribution < 1.29 is 13.2 Å². The van der Waals surface area contributed by atoms with Gasteiger partial charge in [-0.1, -0.05) is 6.92 Å². The predicted molar refractivity (Wildman–Crippen MR) is 62.2 cm³/mol. The lowest BCUT2D eigenvalue weighted by Crippen LogP contribution is -2.44. The van der Waals surface area contributed by atoms with Crippen LogP contribution >= 0.6 is 0 Å². The molecule has 0 amide bonds. The maximum absolute atomic E-state index is 11.9. The first-order chi connectivity index (χ1) is 7.47. The number of nitrogens with one attached hydrogen (secondary N) is 1. The van der Waals surface area contributed by atoms with Crippen molar-refractivity contribution in [3.05, 3.63) is 0 Å². The highest BCUT2D eigenvalue weighted by atomic mass is 32.2. The average Bonchev–Trinajstić information content (AvgIpc) is 2.62. The Morgan fingerprint density at radius 1 is 1.50 bits per heavy atom. The van der Waals surface area contributed by atoms with Crippen molar-refractivity contribution in [2.45, 2.75) is 45.6 Å². The van der Waals surface area contributed by atoms with Gasteiger partial charge in [-0.25, -0.2) is 4.72 Å². The molecule has 1 aliphatic heterocycles. The van der Waals surface area contributed by atoms with E-state index in [9.17, 15) is 13.2 Å². The average molecular weight is 248 g/mol. The monoisotopic (exact) mass is 248 g/mol. The summed E-state index contributed by atoms with van der Waals surface area (Å²) in [6.45, 7) is 4.39. The van der Waals surface area contributed by atoms with Crippen molar-refractivity contribution in [3.63, 3.8) is 0 Å². The van der Waals surface area contributed by atoms with E-state index in [4.69, 9.17) is 0 Å². The molecule has 1 heterocycles. The zero-order valence-corrected chi connectivity index (χ0v) is 10.7. The highest BCUT2D eigenvalue weighted by Gasteiger charge is 2.34. The third kappa shape index (κ3) is 3.54. The molecule has 1 atom stereocenters.